The second-order valence-corrected chi connectivity index (χ2v) is 4.69. The van der Waals surface area contributed by atoms with Crippen molar-refractivity contribution in [3.63, 3.8) is 0 Å². The lowest BCUT2D eigenvalue weighted by Crippen LogP contribution is -2.32. The van der Waals surface area contributed by atoms with Crippen LogP contribution in [0, 0.1) is 5.41 Å². The first-order valence-corrected chi connectivity index (χ1v) is 6.52. The fourth-order valence-electron chi connectivity index (χ4n) is 0.660. The van der Waals surface area contributed by atoms with Crippen LogP contribution in [-0.2, 0) is 14.3 Å². The summed E-state index contributed by atoms with van der Waals surface area (Å²) in [4.78, 5) is 19.8. The van der Waals surface area contributed by atoms with Gasteiger partial charge in [0.1, 0.15) is 0 Å². The Hall–Kier alpha value is -1.70. The lowest BCUT2D eigenvalue weighted by atomic mass is 9.88. The summed E-state index contributed by atoms with van der Waals surface area (Å²) < 4.78 is 4.27. The van der Waals surface area contributed by atoms with E-state index in [1.165, 1.54) is 14.0 Å². The number of aliphatic hydroxyl groups is 3. The van der Waals surface area contributed by atoms with Gasteiger partial charge in [0.05, 0.1) is 26.9 Å². The third kappa shape index (κ3) is 13.3. The zero-order chi connectivity index (χ0) is 18.3. The van der Waals surface area contributed by atoms with Gasteiger partial charge in [-0.15, -0.1) is 0 Å². The molecule has 0 amide bonds. The molecule has 130 valence electrons. The maximum absolute atomic E-state index is 10.2. The molecule has 0 bridgehead atoms. The van der Waals surface area contributed by atoms with Crippen molar-refractivity contribution in [2.24, 2.45) is 5.41 Å². The summed E-state index contributed by atoms with van der Waals surface area (Å²) in [6.07, 6.45) is 0.594. The summed E-state index contributed by atoms with van der Waals surface area (Å²) in [7, 11) is 1.33. The SMILES string of the molecule is C=C(C)C(=O)O.C=C(C)C(=O)OC.CCC(CO)(CO)CO. The summed E-state index contributed by atoms with van der Waals surface area (Å²) >= 11 is 0. The van der Waals surface area contributed by atoms with E-state index in [9.17, 15) is 9.59 Å². The average molecular weight is 320 g/mol. The molecule has 22 heavy (non-hydrogen) atoms. The van der Waals surface area contributed by atoms with Gasteiger partial charge in [0.25, 0.3) is 0 Å². The van der Waals surface area contributed by atoms with E-state index in [-0.39, 0.29) is 31.4 Å². The Morgan fingerprint density at radius 2 is 1.32 bits per heavy atom. The lowest BCUT2D eigenvalue weighted by molar-refractivity contribution is -0.136. The zero-order valence-corrected chi connectivity index (χ0v) is 13.8. The van der Waals surface area contributed by atoms with E-state index in [1.54, 1.807) is 6.92 Å². The fourth-order valence-corrected chi connectivity index (χ4v) is 0.660. The van der Waals surface area contributed by atoms with Crippen LogP contribution in [0.25, 0.3) is 0 Å². The van der Waals surface area contributed by atoms with Crippen LogP contribution >= 0.6 is 0 Å². The maximum atomic E-state index is 10.2. The topological polar surface area (TPSA) is 124 Å². The molecule has 0 heterocycles. The molecule has 0 aliphatic heterocycles. The summed E-state index contributed by atoms with van der Waals surface area (Å²) in [6.45, 7) is 10.9. The highest BCUT2D eigenvalue weighted by Gasteiger charge is 2.24. The molecule has 0 fully saturated rings. The standard InChI is InChI=1S/C6H14O3.C5H8O2.C4H6O2/c1-2-6(3-7,4-8)5-9;1-4(2)5(6)7-3;1-3(2)4(5)6/h7-9H,2-5H2,1H3;1H2,2-3H3;1H2,2H3,(H,5,6). The normalized spacial score (nSPS) is 9.41. The van der Waals surface area contributed by atoms with Gasteiger partial charge in [0.2, 0.25) is 0 Å². The van der Waals surface area contributed by atoms with E-state index in [0.717, 1.165) is 0 Å². The van der Waals surface area contributed by atoms with E-state index in [1.807, 2.05) is 6.92 Å². The molecular weight excluding hydrogens is 292 g/mol. The summed E-state index contributed by atoms with van der Waals surface area (Å²) in [5, 5.41) is 33.9. The van der Waals surface area contributed by atoms with Crippen LogP contribution in [0.4, 0.5) is 0 Å². The van der Waals surface area contributed by atoms with Crippen LogP contribution in [0.3, 0.4) is 0 Å². The third-order valence-electron chi connectivity index (χ3n) is 2.66. The van der Waals surface area contributed by atoms with E-state index in [2.05, 4.69) is 17.9 Å². The van der Waals surface area contributed by atoms with Crippen LogP contribution in [-0.4, -0.2) is 59.3 Å². The lowest BCUT2D eigenvalue weighted by Gasteiger charge is -2.24. The molecule has 4 N–H and O–H groups in total. The molecule has 0 atom stereocenters. The first-order valence-electron chi connectivity index (χ1n) is 6.52. The monoisotopic (exact) mass is 320 g/mol. The molecule has 0 unspecified atom stereocenters. The number of aliphatic hydroxyl groups excluding tert-OH is 3. The van der Waals surface area contributed by atoms with Gasteiger partial charge in [0, 0.05) is 16.6 Å². The minimum Gasteiger partial charge on any atom is -0.478 e. The van der Waals surface area contributed by atoms with Crippen LogP contribution in [0.2, 0.25) is 0 Å². The van der Waals surface area contributed by atoms with Gasteiger partial charge in [-0.1, -0.05) is 20.1 Å². The van der Waals surface area contributed by atoms with E-state index < -0.39 is 11.4 Å². The molecule has 7 heteroatoms. The van der Waals surface area contributed by atoms with Crippen LogP contribution < -0.4 is 0 Å². The minimum atomic E-state index is -0.935. The van der Waals surface area contributed by atoms with Crippen LogP contribution in [0.1, 0.15) is 27.2 Å². The molecule has 0 aromatic carbocycles. The molecule has 0 rings (SSSR count). The number of hydrogen-bond acceptors (Lipinski definition) is 6. The Morgan fingerprint density at radius 3 is 1.32 bits per heavy atom. The number of methoxy groups -OCH3 is 1. The van der Waals surface area contributed by atoms with Gasteiger partial charge >= 0.3 is 11.9 Å². The van der Waals surface area contributed by atoms with Gasteiger partial charge in [-0.2, -0.15) is 0 Å². The van der Waals surface area contributed by atoms with Crippen molar-refractivity contribution in [2.45, 2.75) is 27.2 Å². The molecule has 0 saturated carbocycles. The molecule has 0 aliphatic carbocycles. The second-order valence-electron chi connectivity index (χ2n) is 4.69. The number of carboxylic acid groups (broad SMARTS) is 1. The van der Waals surface area contributed by atoms with Crippen molar-refractivity contribution < 1.29 is 34.8 Å². The van der Waals surface area contributed by atoms with E-state index in [4.69, 9.17) is 20.4 Å². The number of aliphatic carboxylic acids is 1. The summed E-state index contributed by atoms with van der Waals surface area (Å²) in [6, 6.07) is 0. The number of ether oxygens (including phenoxy) is 1. The first kappa shape index (κ1) is 25.3. The number of esters is 1. The van der Waals surface area contributed by atoms with Crippen molar-refractivity contribution in [2.75, 3.05) is 26.9 Å². The van der Waals surface area contributed by atoms with Gasteiger partial charge in [-0.05, 0) is 20.3 Å². The Bertz CT molecular complexity index is 327. The van der Waals surface area contributed by atoms with Crippen molar-refractivity contribution in [1.29, 1.82) is 0 Å². The largest absolute Gasteiger partial charge is 0.478 e. The fraction of sp³-hybridized carbons (Fsp3) is 0.600. The Balaban J connectivity index is -0.000000252. The summed E-state index contributed by atoms with van der Waals surface area (Å²) in [5.41, 5.74) is -0.0579. The predicted octanol–water partition coefficient (Wildman–Crippen LogP) is 0.742. The quantitative estimate of drug-likeness (QED) is 0.420. The Labute approximate surface area is 131 Å². The molecular formula is C15H28O7. The van der Waals surface area contributed by atoms with E-state index >= 15 is 0 Å². The van der Waals surface area contributed by atoms with Crippen molar-refractivity contribution in [3.8, 4) is 0 Å². The Kier molecular flexibility index (Phi) is 16.4. The second kappa shape index (κ2) is 14.2. The molecule has 0 aromatic rings. The highest BCUT2D eigenvalue weighted by atomic mass is 16.5. The zero-order valence-electron chi connectivity index (χ0n) is 13.8. The minimum absolute atomic E-state index is 0.156. The number of hydrogen-bond donors (Lipinski definition) is 4. The summed E-state index contributed by atoms with van der Waals surface area (Å²) in [5.74, 6) is -1.28. The maximum Gasteiger partial charge on any atom is 0.332 e. The molecule has 0 saturated heterocycles. The highest BCUT2D eigenvalue weighted by Crippen LogP contribution is 2.18. The third-order valence-corrected chi connectivity index (χ3v) is 2.66. The molecule has 7 nitrogen and oxygen atoms in total. The van der Waals surface area contributed by atoms with Crippen LogP contribution in [0.15, 0.2) is 24.3 Å². The van der Waals surface area contributed by atoms with Gasteiger partial charge in [0.15, 0.2) is 0 Å². The number of carboxylic acids is 1. The number of carbonyl (C=O) groups is 2. The average Bonchev–Trinajstić information content (AvgIpc) is 2.50. The van der Waals surface area contributed by atoms with E-state index in [0.29, 0.717) is 12.0 Å². The van der Waals surface area contributed by atoms with Gasteiger partial charge in [-0.25, -0.2) is 9.59 Å². The number of carbonyl (C=O) groups excluding carboxylic acids is 1. The molecule has 0 aromatic heterocycles. The van der Waals surface area contributed by atoms with Crippen LogP contribution in [0.5, 0.6) is 0 Å². The number of rotatable bonds is 6. The highest BCUT2D eigenvalue weighted by molar-refractivity contribution is 5.86. The smallest absolute Gasteiger partial charge is 0.332 e. The predicted molar refractivity (Wildman–Crippen MR) is 83.3 cm³/mol. The van der Waals surface area contributed by atoms with Crippen molar-refractivity contribution in [1.82, 2.24) is 0 Å². The van der Waals surface area contributed by atoms with Gasteiger partial charge < -0.3 is 25.2 Å². The first-order chi connectivity index (χ1) is 10.1. The molecule has 0 spiro atoms. The molecule has 0 radical (unpaired) electrons. The van der Waals surface area contributed by atoms with Crippen molar-refractivity contribution in [3.05, 3.63) is 24.3 Å². The van der Waals surface area contributed by atoms with Crippen molar-refractivity contribution >= 4 is 11.9 Å². The molecule has 0 aliphatic rings. The Morgan fingerprint density at radius 1 is 1.00 bits per heavy atom. The van der Waals surface area contributed by atoms with Gasteiger partial charge in [-0.3, -0.25) is 0 Å².